The number of hydrogen-bond donors (Lipinski definition) is 3. The molecule has 2 aliphatic heterocycles. The summed E-state index contributed by atoms with van der Waals surface area (Å²) in [6, 6.07) is 5.92. The number of aliphatic carboxylic acids is 1. The van der Waals surface area contributed by atoms with E-state index in [0.29, 0.717) is 47.5 Å². The summed E-state index contributed by atoms with van der Waals surface area (Å²) in [5, 5.41) is 10.8. The van der Waals surface area contributed by atoms with Crippen molar-refractivity contribution in [3.8, 4) is 0 Å². The Bertz CT molecular complexity index is 2550. The molecule has 3 N–H and O–H groups in total. The summed E-state index contributed by atoms with van der Waals surface area (Å²) in [6.07, 6.45) is 23.1. The average Bonchev–Trinajstić information content (AvgIpc) is 4.03. The van der Waals surface area contributed by atoms with E-state index >= 15 is 0 Å². The number of unbranched alkanes of at least 4 members (excludes halogenated alkanes) is 11. The molecule has 5 rings (SSSR count). The smallest absolute Gasteiger partial charge is 0.338 e. The second kappa shape index (κ2) is 28.9. The first-order valence-electron chi connectivity index (χ1n) is 26.4. The fourth-order valence-electron chi connectivity index (χ4n) is 9.74. The molecule has 0 spiro atoms. The van der Waals surface area contributed by atoms with Crippen molar-refractivity contribution < 1.29 is 43.2 Å². The summed E-state index contributed by atoms with van der Waals surface area (Å²) in [6.45, 7) is 18.5. The third kappa shape index (κ3) is 15.8. The van der Waals surface area contributed by atoms with Crippen molar-refractivity contribution in [2.45, 2.75) is 176 Å². The minimum Gasteiger partial charge on any atom is -0.478 e. The maximum atomic E-state index is 13.9. The Morgan fingerprint density at radius 2 is 1.31 bits per heavy atom. The first kappa shape index (κ1) is 56.1. The number of carboxylic acids is 1. The monoisotopic (exact) mass is 977 g/mol. The Kier molecular flexibility index (Phi) is 22.8. The molecule has 0 aliphatic carbocycles. The van der Waals surface area contributed by atoms with Crippen LogP contribution in [0.25, 0.3) is 39.3 Å². The predicted octanol–water partition coefficient (Wildman–Crippen LogP) is 13.1. The lowest BCUT2D eigenvalue weighted by Gasteiger charge is -2.18. The number of aromatic nitrogens is 4. The Balaban J connectivity index is 1.28. The van der Waals surface area contributed by atoms with Crippen molar-refractivity contribution in [1.29, 1.82) is 0 Å². The highest BCUT2D eigenvalue weighted by molar-refractivity contribution is 6.24. The zero-order chi connectivity index (χ0) is 51.3. The van der Waals surface area contributed by atoms with Gasteiger partial charge in [-0.2, -0.15) is 0 Å². The molecule has 5 heterocycles. The van der Waals surface area contributed by atoms with Gasteiger partial charge in [-0.15, -0.1) is 0 Å². The summed E-state index contributed by atoms with van der Waals surface area (Å²) in [4.78, 5) is 69.7. The Morgan fingerprint density at radius 3 is 1.96 bits per heavy atom. The van der Waals surface area contributed by atoms with Crippen LogP contribution in [0.2, 0.25) is 0 Å². The number of carbonyl (C=O) groups excluding carboxylic acids is 3. The number of carboxylic acid groups (broad SMARTS) is 1. The standard InChI is InChI=1S/C58H80N4O9/c1-9-13-14-15-16-17-18-19-20-21-22-23-24-25-26-27-52(63)70-32-30-68-31-33-71-54(65)34-45-56-44(28-29-53(64)69-12-4)40(7)48(61-56)35-46-38(5)42(10-2)50(59-46)36-47-39(6)43(11-3)51(60-47)37-49-41(8)55(58(66)67)57(45)62-49/h10,19-20,35-37,40,44,59-60H,2,9,11-18,21-34H2,1,3-8H3,(H,66,67)/b20-19-,46-35?,47-36?,48-35?,49-37?,50-36?,51-37?,56-45?,57-45?. The topological polar surface area (TPSA) is 183 Å². The molecule has 386 valence electrons. The lowest BCUT2D eigenvalue weighted by atomic mass is 9.84. The van der Waals surface area contributed by atoms with Crippen molar-refractivity contribution in [1.82, 2.24) is 19.9 Å². The normalized spacial score (nSPS) is 14.6. The van der Waals surface area contributed by atoms with Gasteiger partial charge in [0.1, 0.15) is 13.2 Å². The number of H-pyrrole nitrogens is 2. The molecule has 0 saturated carbocycles. The molecule has 0 radical (unpaired) electrons. The van der Waals surface area contributed by atoms with Crippen LogP contribution in [0.15, 0.2) is 36.9 Å². The van der Waals surface area contributed by atoms with Gasteiger partial charge in [0.2, 0.25) is 0 Å². The molecule has 0 amide bonds. The number of aryl methyl sites for hydroxylation is 3. The molecule has 3 aromatic heterocycles. The van der Waals surface area contributed by atoms with E-state index in [1.807, 2.05) is 32.1 Å². The zero-order valence-corrected chi connectivity index (χ0v) is 43.7. The number of aromatic amines is 2. The zero-order valence-electron chi connectivity index (χ0n) is 43.7. The minimum atomic E-state index is -1.20. The van der Waals surface area contributed by atoms with Crippen LogP contribution in [-0.4, -0.2) is 82.0 Å². The van der Waals surface area contributed by atoms with Gasteiger partial charge >= 0.3 is 23.9 Å². The Hall–Kier alpha value is -5.82. The highest BCUT2D eigenvalue weighted by Gasteiger charge is 2.36. The van der Waals surface area contributed by atoms with Crippen LogP contribution >= 0.6 is 0 Å². The van der Waals surface area contributed by atoms with Gasteiger partial charge in [-0.25, -0.2) is 9.78 Å². The van der Waals surface area contributed by atoms with Crippen molar-refractivity contribution in [2.24, 2.45) is 0 Å². The van der Waals surface area contributed by atoms with Gasteiger partial charge < -0.3 is 34.0 Å². The number of rotatable bonds is 30. The fraction of sp³-hybridized carbons (Fsp3) is 0.552. The molecule has 3 aromatic rings. The van der Waals surface area contributed by atoms with Crippen molar-refractivity contribution in [2.75, 3.05) is 33.0 Å². The molecule has 0 saturated heterocycles. The Labute approximate surface area is 421 Å². The second-order valence-electron chi connectivity index (χ2n) is 18.9. The van der Waals surface area contributed by atoms with Crippen molar-refractivity contribution in [3.63, 3.8) is 0 Å². The van der Waals surface area contributed by atoms with Crippen LogP contribution in [0.3, 0.4) is 0 Å². The van der Waals surface area contributed by atoms with E-state index in [9.17, 15) is 24.3 Å². The number of nitrogens with one attached hydrogen (secondary N) is 2. The van der Waals surface area contributed by atoms with Gasteiger partial charge in [-0.3, -0.25) is 19.4 Å². The average molecular weight is 977 g/mol. The summed E-state index contributed by atoms with van der Waals surface area (Å²) >= 11 is 0. The molecule has 13 heteroatoms. The summed E-state index contributed by atoms with van der Waals surface area (Å²) in [7, 11) is 0. The maximum Gasteiger partial charge on any atom is 0.338 e. The van der Waals surface area contributed by atoms with Crippen LogP contribution < -0.4 is 0 Å². The second-order valence-corrected chi connectivity index (χ2v) is 18.9. The van der Waals surface area contributed by atoms with Crippen LogP contribution in [0.1, 0.15) is 200 Å². The van der Waals surface area contributed by atoms with E-state index in [4.69, 9.17) is 28.9 Å². The van der Waals surface area contributed by atoms with Crippen LogP contribution in [0.5, 0.6) is 0 Å². The minimum absolute atomic E-state index is 0.0383. The summed E-state index contributed by atoms with van der Waals surface area (Å²) < 4.78 is 22.1. The molecule has 0 fully saturated rings. The molecular weight excluding hydrogens is 897 g/mol. The predicted molar refractivity (Wildman–Crippen MR) is 283 cm³/mol. The number of fused-ring (bicyclic) bond motifs is 8. The highest BCUT2D eigenvalue weighted by atomic mass is 16.6. The Morgan fingerprint density at radius 1 is 0.690 bits per heavy atom. The third-order valence-electron chi connectivity index (χ3n) is 13.9. The molecule has 13 nitrogen and oxygen atoms in total. The van der Waals surface area contributed by atoms with Crippen LogP contribution in [-0.2, 0) is 51.0 Å². The van der Waals surface area contributed by atoms with Gasteiger partial charge in [0, 0.05) is 63.6 Å². The SMILES string of the molecule is C=Cc1c(C)c2cc3nc(c(CC(=O)OCCOCCOC(=O)CCCCCCC/C=C\CCCCCCCC)c4nc(cc5[nH]c(cc1[nH]2)c(C)c5CC)C(C)=C4C(=O)O)C(CCC(=O)OCC)C3C. The lowest BCUT2D eigenvalue weighted by molar-refractivity contribution is -0.147. The summed E-state index contributed by atoms with van der Waals surface area (Å²) in [5.41, 5.74) is 9.85. The number of nitrogens with zero attached hydrogens (tertiary/aromatic N) is 2. The molecule has 0 aromatic carbocycles. The van der Waals surface area contributed by atoms with E-state index < -0.39 is 17.9 Å². The van der Waals surface area contributed by atoms with Gasteiger partial charge in [0.05, 0.1) is 48.9 Å². The van der Waals surface area contributed by atoms with E-state index in [0.717, 1.165) is 76.4 Å². The molecule has 8 bridgehead atoms. The maximum absolute atomic E-state index is 13.9. The molecule has 2 aliphatic rings. The highest BCUT2D eigenvalue weighted by Crippen LogP contribution is 2.44. The number of carbonyl (C=O) groups is 4. The number of esters is 3. The van der Waals surface area contributed by atoms with E-state index in [1.165, 1.54) is 51.4 Å². The van der Waals surface area contributed by atoms with E-state index in [2.05, 4.69) is 55.5 Å². The largest absolute Gasteiger partial charge is 0.478 e. The van der Waals surface area contributed by atoms with Gasteiger partial charge in [-0.05, 0) is 113 Å². The number of allylic oxidation sites excluding steroid dienone is 3. The molecule has 2 atom stereocenters. The lowest BCUT2D eigenvalue weighted by Crippen LogP contribution is -2.18. The van der Waals surface area contributed by atoms with Crippen LogP contribution in [0.4, 0.5) is 0 Å². The number of ether oxygens (including phenoxy) is 4. The van der Waals surface area contributed by atoms with Gasteiger partial charge in [-0.1, -0.05) is 96.9 Å². The van der Waals surface area contributed by atoms with E-state index in [1.54, 1.807) is 13.8 Å². The molecular formula is C58H80N4O9. The van der Waals surface area contributed by atoms with Crippen LogP contribution in [0, 0.1) is 13.8 Å². The van der Waals surface area contributed by atoms with Crippen molar-refractivity contribution >= 4 is 63.2 Å². The number of hydrogen-bond acceptors (Lipinski definition) is 10. The van der Waals surface area contributed by atoms with Crippen molar-refractivity contribution in [3.05, 3.63) is 87.5 Å². The molecule has 71 heavy (non-hydrogen) atoms. The fourth-order valence-corrected chi connectivity index (χ4v) is 9.74. The quantitative estimate of drug-likeness (QED) is 0.0250. The first-order chi connectivity index (χ1) is 34.3. The van der Waals surface area contributed by atoms with Gasteiger partial charge in [0.15, 0.2) is 0 Å². The first-order valence-corrected chi connectivity index (χ1v) is 26.4. The third-order valence-corrected chi connectivity index (χ3v) is 13.9. The summed E-state index contributed by atoms with van der Waals surface area (Å²) in [5.74, 6) is -3.09. The van der Waals surface area contributed by atoms with E-state index in [-0.39, 0.29) is 75.0 Å². The molecule has 2 unspecified atom stereocenters. The van der Waals surface area contributed by atoms with Gasteiger partial charge in [0.25, 0.3) is 0 Å².